The quantitative estimate of drug-likeness (QED) is 0.743. The van der Waals surface area contributed by atoms with Gasteiger partial charge in [-0.1, -0.05) is 18.9 Å². The molecule has 2 nitrogen and oxygen atoms in total. The predicted octanol–water partition coefficient (Wildman–Crippen LogP) is 3.68. The highest BCUT2D eigenvalue weighted by atomic mass is 16.5. The molecule has 0 radical (unpaired) electrons. The summed E-state index contributed by atoms with van der Waals surface area (Å²) in [6.07, 6.45) is 4.44. The van der Waals surface area contributed by atoms with Crippen molar-refractivity contribution in [2.45, 2.75) is 39.5 Å². The molecule has 2 heteroatoms. The average Bonchev–Trinajstić information content (AvgIpc) is 2.85. The Labute approximate surface area is 103 Å². The van der Waals surface area contributed by atoms with E-state index in [2.05, 4.69) is 0 Å². The number of hydrogen-bond acceptors (Lipinski definition) is 2. The molecule has 2 rings (SSSR count). The van der Waals surface area contributed by atoms with Crippen LogP contribution in [0.2, 0.25) is 0 Å². The van der Waals surface area contributed by atoms with Gasteiger partial charge in [0.15, 0.2) is 5.78 Å². The maximum absolute atomic E-state index is 12.4. The number of Topliss-reactive ketones (excluding diaryl/α,β-unsaturated/α-hetero) is 1. The fourth-order valence-electron chi connectivity index (χ4n) is 2.66. The number of aryl methyl sites for hydroxylation is 1. The van der Waals surface area contributed by atoms with Crippen LogP contribution in [0.5, 0.6) is 5.75 Å². The molecule has 1 aliphatic rings. The SMILES string of the molecule is COc1c(C(=O)C2CCCC2)ccc(C)c1C. The maximum atomic E-state index is 12.4. The minimum absolute atomic E-state index is 0.214. The van der Waals surface area contributed by atoms with Gasteiger partial charge in [0.05, 0.1) is 12.7 Å². The molecular formula is C15H20O2. The first kappa shape index (κ1) is 12.2. The van der Waals surface area contributed by atoms with Crippen molar-refractivity contribution in [3.63, 3.8) is 0 Å². The number of ether oxygens (including phenoxy) is 1. The van der Waals surface area contributed by atoms with Crippen molar-refractivity contribution < 1.29 is 9.53 Å². The highest BCUT2D eigenvalue weighted by Crippen LogP contribution is 2.33. The van der Waals surface area contributed by atoms with Crippen molar-refractivity contribution >= 4 is 5.78 Å². The van der Waals surface area contributed by atoms with Gasteiger partial charge in [-0.15, -0.1) is 0 Å². The molecule has 0 atom stereocenters. The summed E-state index contributed by atoms with van der Waals surface area (Å²) in [7, 11) is 1.65. The van der Waals surface area contributed by atoms with Crippen LogP contribution >= 0.6 is 0 Å². The zero-order valence-electron chi connectivity index (χ0n) is 10.9. The zero-order valence-corrected chi connectivity index (χ0v) is 10.9. The van der Waals surface area contributed by atoms with Crippen LogP contribution in [0.1, 0.15) is 47.2 Å². The molecule has 0 spiro atoms. The number of hydrogen-bond donors (Lipinski definition) is 0. The van der Waals surface area contributed by atoms with Crippen molar-refractivity contribution in [3.05, 3.63) is 28.8 Å². The Kier molecular flexibility index (Phi) is 3.51. The second-order valence-electron chi connectivity index (χ2n) is 4.93. The standard InChI is InChI=1S/C15H20O2/c1-10-8-9-13(15(17-3)11(10)2)14(16)12-6-4-5-7-12/h8-9,12H,4-7H2,1-3H3. The summed E-state index contributed by atoms with van der Waals surface area (Å²) in [4.78, 5) is 12.4. The number of carbonyl (C=O) groups excluding carboxylic acids is 1. The minimum atomic E-state index is 0.214. The molecule has 1 aliphatic carbocycles. The van der Waals surface area contributed by atoms with E-state index in [9.17, 15) is 4.79 Å². The lowest BCUT2D eigenvalue weighted by atomic mass is 9.93. The third kappa shape index (κ3) is 2.21. The Hall–Kier alpha value is -1.31. The Morgan fingerprint density at radius 2 is 1.88 bits per heavy atom. The van der Waals surface area contributed by atoms with Gasteiger partial charge < -0.3 is 4.74 Å². The van der Waals surface area contributed by atoms with Crippen molar-refractivity contribution in [1.29, 1.82) is 0 Å². The molecule has 1 aromatic rings. The van der Waals surface area contributed by atoms with E-state index in [1.165, 1.54) is 18.4 Å². The topological polar surface area (TPSA) is 26.3 Å². The molecule has 0 amide bonds. The molecule has 92 valence electrons. The molecule has 0 saturated heterocycles. The van der Waals surface area contributed by atoms with E-state index in [-0.39, 0.29) is 11.7 Å². The third-order valence-electron chi connectivity index (χ3n) is 3.87. The average molecular weight is 232 g/mol. The van der Waals surface area contributed by atoms with Crippen LogP contribution in [-0.2, 0) is 0 Å². The number of methoxy groups -OCH3 is 1. The molecule has 1 aromatic carbocycles. The molecule has 0 aromatic heterocycles. The second kappa shape index (κ2) is 4.91. The van der Waals surface area contributed by atoms with Gasteiger partial charge in [-0.3, -0.25) is 4.79 Å². The molecule has 0 heterocycles. The van der Waals surface area contributed by atoms with Gasteiger partial charge in [0, 0.05) is 5.92 Å². The third-order valence-corrected chi connectivity index (χ3v) is 3.87. The van der Waals surface area contributed by atoms with Gasteiger partial charge in [0.25, 0.3) is 0 Å². The van der Waals surface area contributed by atoms with Crippen molar-refractivity contribution in [2.24, 2.45) is 5.92 Å². The predicted molar refractivity (Wildman–Crippen MR) is 68.8 cm³/mol. The molecule has 1 fully saturated rings. The van der Waals surface area contributed by atoms with Crippen LogP contribution in [0, 0.1) is 19.8 Å². The fourth-order valence-corrected chi connectivity index (χ4v) is 2.66. The Morgan fingerprint density at radius 3 is 2.47 bits per heavy atom. The summed E-state index contributed by atoms with van der Waals surface area (Å²) in [6, 6.07) is 3.93. The van der Waals surface area contributed by atoms with E-state index in [0.717, 1.165) is 29.7 Å². The van der Waals surface area contributed by atoms with E-state index in [0.29, 0.717) is 0 Å². The molecule has 0 bridgehead atoms. The van der Waals surface area contributed by atoms with Crippen LogP contribution < -0.4 is 4.74 Å². The van der Waals surface area contributed by atoms with Crippen molar-refractivity contribution in [3.8, 4) is 5.75 Å². The van der Waals surface area contributed by atoms with E-state index < -0.39 is 0 Å². The van der Waals surface area contributed by atoms with Gasteiger partial charge >= 0.3 is 0 Å². The summed E-state index contributed by atoms with van der Waals surface area (Å²) < 4.78 is 5.42. The van der Waals surface area contributed by atoms with E-state index in [1.807, 2.05) is 26.0 Å². The first-order valence-corrected chi connectivity index (χ1v) is 6.33. The van der Waals surface area contributed by atoms with E-state index in [1.54, 1.807) is 7.11 Å². The summed E-state index contributed by atoms with van der Waals surface area (Å²) >= 11 is 0. The lowest BCUT2D eigenvalue weighted by Gasteiger charge is -2.15. The summed E-state index contributed by atoms with van der Waals surface area (Å²) in [5, 5.41) is 0. The van der Waals surface area contributed by atoms with Crippen LogP contribution in [-0.4, -0.2) is 12.9 Å². The zero-order chi connectivity index (χ0) is 12.4. The van der Waals surface area contributed by atoms with E-state index in [4.69, 9.17) is 4.74 Å². The first-order chi connectivity index (χ1) is 8.15. The number of carbonyl (C=O) groups is 1. The summed E-state index contributed by atoms with van der Waals surface area (Å²) in [5.74, 6) is 1.25. The molecule has 0 unspecified atom stereocenters. The molecule has 0 N–H and O–H groups in total. The highest BCUT2D eigenvalue weighted by Gasteiger charge is 2.26. The maximum Gasteiger partial charge on any atom is 0.169 e. The lowest BCUT2D eigenvalue weighted by Crippen LogP contribution is -2.13. The first-order valence-electron chi connectivity index (χ1n) is 6.33. The fraction of sp³-hybridized carbons (Fsp3) is 0.533. The monoisotopic (exact) mass is 232 g/mol. The van der Waals surface area contributed by atoms with Crippen LogP contribution in [0.15, 0.2) is 12.1 Å². The Balaban J connectivity index is 2.37. The Bertz CT molecular complexity index is 429. The van der Waals surface area contributed by atoms with Gasteiger partial charge in [-0.2, -0.15) is 0 Å². The summed E-state index contributed by atoms with van der Waals surface area (Å²) in [5.41, 5.74) is 3.02. The smallest absolute Gasteiger partial charge is 0.169 e. The number of rotatable bonds is 3. The van der Waals surface area contributed by atoms with E-state index >= 15 is 0 Å². The summed E-state index contributed by atoms with van der Waals surface area (Å²) in [6.45, 7) is 4.06. The minimum Gasteiger partial charge on any atom is -0.496 e. The molecule has 0 aliphatic heterocycles. The van der Waals surface area contributed by atoms with Gasteiger partial charge in [-0.25, -0.2) is 0 Å². The number of ketones is 1. The lowest BCUT2D eigenvalue weighted by molar-refractivity contribution is 0.0919. The molecule has 1 saturated carbocycles. The number of benzene rings is 1. The molecule has 17 heavy (non-hydrogen) atoms. The van der Waals surface area contributed by atoms with Gasteiger partial charge in [0.2, 0.25) is 0 Å². The van der Waals surface area contributed by atoms with Crippen molar-refractivity contribution in [2.75, 3.05) is 7.11 Å². The molecular weight excluding hydrogens is 212 g/mol. The highest BCUT2D eigenvalue weighted by molar-refractivity contribution is 6.01. The van der Waals surface area contributed by atoms with Crippen LogP contribution in [0.25, 0.3) is 0 Å². The van der Waals surface area contributed by atoms with Crippen LogP contribution in [0.4, 0.5) is 0 Å². The largest absolute Gasteiger partial charge is 0.496 e. The second-order valence-corrected chi connectivity index (χ2v) is 4.93. The van der Waals surface area contributed by atoms with Crippen LogP contribution in [0.3, 0.4) is 0 Å². The van der Waals surface area contributed by atoms with Crippen molar-refractivity contribution in [1.82, 2.24) is 0 Å². The normalized spacial score (nSPS) is 16.2. The van der Waals surface area contributed by atoms with Gasteiger partial charge in [0.1, 0.15) is 5.75 Å². The van der Waals surface area contributed by atoms with Gasteiger partial charge in [-0.05, 0) is 43.9 Å². The Morgan fingerprint density at radius 1 is 1.24 bits per heavy atom.